The quantitative estimate of drug-likeness (QED) is 0.402. The van der Waals surface area contributed by atoms with E-state index in [1.54, 1.807) is 14.0 Å². The van der Waals surface area contributed by atoms with Gasteiger partial charge in [0, 0.05) is 27.2 Å². The second-order valence-electron chi connectivity index (χ2n) is 10.1. The Balaban J connectivity index is 2.09. The van der Waals surface area contributed by atoms with E-state index < -0.39 is 29.9 Å². The number of methoxy groups -OCH3 is 2. The molecule has 2 N–H and O–H groups in total. The van der Waals surface area contributed by atoms with Crippen molar-refractivity contribution in [3.63, 3.8) is 0 Å². The Morgan fingerprint density at radius 1 is 1.11 bits per heavy atom. The predicted octanol–water partition coefficient (Wildman–Crippen LogP) is 3.53. The highest BCUT2D eigenvalue weighted by Crippen LogP contribution is 2.29. The summed E-state index contributed by atoms with van der Waals surface area (Å²) in [6, 6.07) is 7.90. The van der Waals surface area contributed by atoms with Gasteiger partial charge in [0.25, 0.3) is 0 Å². The Morgan fingerprint density at radius 2 is 1.78 bits per heavy atom. The molecule has 8 nitrogen and oxygen atoms in total. The second-order valence-corrected chi connectivity index (χ2v) is 10.1. The van der Waals surface area contributed by atoms with E-state index in [1.807, 2.05) is 35.2 Å². The first kappa shape index (κ1) is 29.8. The van der Waals surface area contributed by atoms with E-state index in [1.165, 1.54) is 7.11 Å². The van der Waals surface area contributed by atoms with Crippen LogP contribution in [0.4, 0.5) is 0 Å². The van der Waals surface area contributed by atoms with Gasteiger partial charge in [-0.2, -0.15) is 0 Å². The number of nitrogens with zero attached hydrogens (tertiary/aromatic N) is 1. The van der Waals surface area contributed by atoms with Crippen molar-refractivity contribution in [2.75, 3.05) is 20.8 Å². The summed E-state index contributed by atoms with van der Waals surface area (Å²) >= 11 is 0. The smallest absolute Gasteiger partial charge is 0.326 e. The summed E-state index contributed by atoms with van der Waals surface area (Å²) in [6.45, 7) is 8.77. The first-order valence-corrected chi connectivity index (χ1v) is 13.1. The Kier molecular flexibility index (Phi) is 11.9. The van der Waals surface area contributed by atoms with Crippen molar-refractivity contribution in [3.05, 3.63) is 35.9 Å². The minimum atomic E-state index is -1.09. The Labute approximate surface area is 215 Å². The summed E-state index contributed by atoms with van der Waals surface area (Å²) < 4.78 is 11.4. The van der Waals surface area contributed by atoms with E-state index in [9.17, 15) is 19.5 Å². The van der Waals surface area contributed by atoms with E-state index in [-0.39, 0.29) is 36.8 Å². The molecule has 0 saturated carbocycles. The molecule has 0 unspecified atom stereocenters. The first-order chi connectivity index (χ1) is 17.1. The number of aliphatic carboxylic acids is 1. The number of rotatable bonds is 14. The maximum Gasteiger partial charge on any atom is 0.326 e. The standard InChI is InChI=1S/C28H44N2O6/c1-7-18(2)19(3)24(35-5)17-25(31)30-15-11-14-23(30)26(36-6)20(4)27(32)29-22(28(33)34)16-21-12-9-8-10-13-21/h8-10,12-13,18-20,22-24,26H,7,11,14-17H2,1-6H3,(H,29,32)(H,33,34)/t18-,19-,20+,22-,23-,24+,26+/m0/s1. The topological polar surface area (TPSA) is 105 Å². The molecule has 2 amide bonds. The summed E-state index contributed by atoms with van der Waals surface area (Å²) in [5, 5.41) is 12.4. The number of hydrogen-bond acceptors (Lipinski definition) is 5. The molecule has 0 radical (unpaired) electrons. The summed E-state index contributed by atoms with van der Waals surface area (Å²) in [5.74, 6) is -1.45. The zero-order valence-corrected chi connectivity index (χ0v) is 22.6. The number of carbonyl (C=O) groups is 3. The fourth-order valence-electron chi connectivity index (χ4n) is 5.15. The third-order valence-electron chi connectivity index (χ3n) is 7.88. The minimum Gasteiger partial charge on any atom is -0.480 e. The second kappa shape index (κ2) is 14.3. The normalized spacial score (nSPS) is 20.7. The predicted molar refractivity (Wildman–Crippen MR) is 138 cm³/mol. The number of benzene rings is 1. The monoisotopic (exact) mass is 504 g/mol. The molecule has 2 rings (SSSR count). The molecule has 0 bridgehead atoms. The average molecular weight is 505 g/mol. The average Bonchev–Trinajstić information content (AvgIpc) is 3.36. The molecule has 1 aliphatic heterocycles. The van der Waals surface area contributed by atoms with Gasteiger partial charge in [-0.05, 0) is 30.2 Å². The lowest BCUT2D eigenvalue weighted by Gasteiger charge is -2.35. The van der Waals surface area contributed by atoms with Crippen molar-refractivity contribution in [2.24, 2.45) is 17.8 Å². The van der Waals surface area contributed by atoms with Gasteiger partial charge in [0.2, 0.25) is 11.8 Å². The lowest BCUT2D eigenvalue weighted by atomic mass is 9.87. The van der Waals surface area contributed by atoms with E-state index >= 15 is 0 Å². The van der Waals surface area contributed by atoms with Crippen molar-refractivity contribution in [2.45, 2.75) is 84.1 Å². The van der Waals surface area contributed by atoms with Crippen LogP contribution in [-0.2, 0) is 30.3 Å². The highest BCUT2D eigenvalue weighted by molar-refractivity contribution is 5.85. The van der Waals surface area contributed by atoms with E-state index in [0.717, 1.165) is 24.8 Å². The summed E-state index contributed by atoms with van der Waals surface area (Å²) in [6.07, 6.45) is 2.32. The van der Waals surface area contributed by atoms with Crippen LogP contribution in [0.15, 0.2) is 30.3 Å². The lowest BCUT2D eigenvalue weighted by Crippen LogP contribution is -2.52. The maximum atomic E-state index is 13.3. The van der Waals surface area contributed by atoms with Crippen LogP contribution in [-0.4, -0.2) is 72.8 Å². The molecule has 36 heavy (non-hydrogen) atoms. The molecule has 8 heteroatoms. The number of ether oxygens (including phenoxy) is 2. The third-order valence-corrected chi connectivity index (χ3v) is 7.88. The fourth-order valence-corrected chi connectivity index (χ4v) is 5.15. The SMILES string of the molecule is CC[C@H](C)[C@H](C)[C@@H](CC(=O)N1CCC[C@H]1[C@H](OC)[C@@H](C)C(=O)N[C@@H](Cc1ccccc1)C(=O)O)OC. The maximum absolute atomic E-state index is 13.3. The van der Waals surface area contributed by atoms with Crippen LogP contribution in [0.3, 0.4) is 0 Å². The van der Waals surface area contributed by atoms with Gasteiger partial charge < -0.3 is 24.8 Å². The van der Waals surface area contributed by atoms with Gasteiger partial charge in [0.1, 0.15) is 6.04 Å². The molecule has 1 aliphatic rings. The van der Waals surface area contributed by atoms with Crippen molar-refractivity contribution in [1.29, 1.82) is 0 Å². The summed E-state index contributed by atoms with van der Waals surface area (Å²) in [5.41, 5.74) is 0.827. The largest absolute Gasteiger partial charge is 0.480 e. The van der Waals surface area contributed by atoms with Crippen LogP contribution >= 0.6 is 0 Å². The van der Waals surface area contributed by atoms with Gasteiger partial charge in [-0.15, -0.1) is 0 Å². The van der Waals surface area contributed by atoms with Crippen molar-refractivity contribution in [1.82, 2.24) is 10.2 Å². The molecule has 1 aromatic carbocycles. The molecular weight excluding hydrogens is 460 g/mol. The Hall–Kier alpha value is -2.45. The zero-order chi connectivity index (χ0) is 26.8. The molecule has 202 valence electrons. The van der Waals surface area contributed by atoms with E-state index in [4.69, 9.17) is 9.47 Å². The van der Waals surface area contributed by atoms with Crippen LogP contribution < -0.4 is 5.32 Å². The molecule has 0 spiro atoms. The van der Waals surface area contributed by atoms with Crippen LogP contribution in [0.2, 0.25) is 0 Å². The zero-order valence-electron chi connectivity index (χ0n) is 22.6. The first-order valence-electron chi connectivity index (χ1n) is 13.1. The van der Waals surface area contributed by atoms with Crippen molar-refractivity contribution < 1.29 is 29.0 Å². The van der Waals surface area contributed by atoms with Gasteiger partial charge in [-0.1, -0.05) is 64.4 Å². The van der Waals surface area contributed by atoms with Gasteiger partial charge >= 0.3 is 5.97 Å². The number of carboxylic acids is 1. The molecule has 7 atom stereocenters. The lowest BCUT2D eigenvalue weighted by molar-refractivity contribution is -0.145. The van der Waals surface area contributed by atoms with Gasteiger partial charge in [0.05, 0.1) is 30.6 Å². The molecule has 1 aromatic rings. The Bertz CT molecular complexity index is 848. The van der Waals surface area contributed by atoms with E-state index in [2.05, 4.69) is 26.1 Å². The molecule has 1 fully saturated rings. The van der Waals surface area contributed by atoms with Gasteiger partial charge in [0.15, 0.2) is 0 Å². The number of likely N-dealkylation sites (tertiary alicyclic amines) is 1. The van der Waals surface area contributed by atoms with Gasteiger partial charge in [-0.3, -0.25) is 9.59 Å². The highest BCUT2D eigenvalue weighted by atomic mass is 16.5. The fraction of sp³-hybridized carbons (Fsp3) is 0.679. The number of nitrogens with one attached hydrogen (secondary N) is 1. The van der Waals surface area contributed by atoms with Crippen LogP contribution in [0.5, 0.6) is 0 Å². The highest BCUT2D eigenvalue weighted by Gasteiger charge is 2.41. The van der Waals surface area contributed by atoms with Crippen LogP contribution in [0.1, 0.15) is 58.9 Å². The number of carboxylic acid groups (broad SMARTS) is 1. The minimum absolute atomic E-state index is 0.00153. The molecule has 0 aromatic heterocycles. The summed E-state index contributed by atoms with van der Waals surface area (Å²) in [4.78, 5) is 40.1. The Morgan fingerprint density at radius 3 is 2.33 bits per heavy atom. The van der Waals surface area contributed by atoms with Crippen molar-refractivity contribution in [3.8, 4) is 0 Å². The van der Waals surface area contributed by atoms with Crippen molar-refractivity contribution >= 4 is 17.8 Å². The van der Waals surface area contributed by atoms with Crippen LogP contribution in [0.25, 0.3) is 0 Å². The summed E-state index contributed by atoms with van der Waals surface area (Å²) in [7, 11) is 3.19. The molecule has 0 aliphatic carbocycles. The van der Waals surface area contributed by atoms with Crippen LogP contribution in [0, 0.1) is 17.8 Å². The number of amides is 2. The third kappa shape index (κ3) is 7.77. The molecule has 1 saturated heterocycles. The van der Waals surface area contributed by atoms with E-state index in [0.29, 0.717) is 12.5 Å². The van der Waals surface area contributed by atoms with Gasteiger partial charge in [-0.25, -0.2) is 4.79 Å². The molecule has 1 heterocycles. The number of hydrogen-bond donors (Lipinski definition) is 2. The number of carbonyl (C=O) groups excluding carboxylic acids is 2. The molecular formula is C28H44N2O6.